The molecule has 1 aliphatic rings. The van der Waals surface area contributed by atoms with Gasteiger partial charge in [0.05, 0.1) is 18.7 Å². The number of aliphatic hydroxyl groups excluding tert-OH is 1. The number of carbonyl (C=O) groups is 1. The van der Waals surface area contributed by atoms with E-state index in [-0.39, 0.29) is 24.3 Å². The van der Waals surface area contributed by atoms with Crippen LogP contribution in [0.3, 0.4) is 0 Å². The zero-order chi connectivity index (χ0) is 21.2. The number of nitrogens with one attached hydrogen (secondary N) is 1. The number of nitriles is 1. The maximum Gasteiger partial charge on any atom is 0.237 e. The number of likely N-dealkylation sites (tertiary alicyclic amines) is 1. The molecule has 1 heterocycles. The monoisotopic (exact) mass is 403 g/mol. The number of carbonyl (C=O) groups excluding carboxylic acids is 1. The van der Waals surface area contributed by atoms with Gasteiger partial charge in [0.1, 0.15) is 11.9 Å². The van der Waals surface area contributed by atoms with Gasteiger partial charge in [-0.3, -0.25) is 4.79 Å². The van der Waals surface area contributed by atoms with Crippen LogP contribution in [0.1, 0.15) is 64.0 Å². The molecule has 5 nitrogen and oxygen atoms in total. The van der Waals surface area contributed by atoms with E-state index in [2.05, 4.69) is 25.2 Å². The largest absolute Gasteiger partial charge is 0.388 e. The Labute approximate surface area is 173 Å². The molecule has 6 heteroatoms. The highest BCUT2D eigenvalue weighted by molar-refractivity contribution is 5.79. The molecule has 1 aromatic rings. The molecule has 0 bridgehead atoms. The second kappa shape index (κ2) is 11.9. The van der Waals surface area contributed by atoms with E-state index in [4.69, 9.17) is 5.26 Å². The van der Waals surface area contributed by atoms with Crippen LogP contribution in [0.2, 0.25) is 0 Å². The smallest absolute Gasteiger partial charge is 0.237 e. The first kappa shape index (κ1) is 23.3. The summed E-state index contributed by atoms with van der Waals surface area (Å²) in [6.45, 7) is 5.97. The maximum atomic E-state index is 13.1. The van der Waals surface area contributed by atoms with Gasteiger partial charge in [0.25, 0.3) is 0 Å². The summed E-state index contributed by atoms with van der Waals surface area (Å²) in [5.41, 5.74) is 0.751. The first-order valence-electron chi connectivity index (χ1n) is 10.8. The van der Waals surface area contributed by atoms with Crippen molar-refractivity contribution in [2.24, 2.45) is 11.8 Å². The minimum Gasteiger partial charge on any atom is -0.388 e. The summed E-state index contributed by atoms with van der Waals surface area (Å²) in [4.78, 5) is 14.0. The maximum absolute atomic E-state index is 13.1. The van der Waals surface area contributed by atoms with Crippen molar-refractivity contribution in [3.63, 3.8) is 0 Å². The molecule has 1 saturated heterocycles. The quantitative estimate of drug-likeness (QED) is 0.551. The van der Waals surface area contributed by atoms with Crippen molar-refractivity contribution < 1.29 is 14.3 Å². The second-order valence-electron chi connectivity index (χ2n) is 7.98. The molecule has 2 N–H and O–H groups in total. The SMILES string of the molecule is CC[C@H](CCNCC(=O)N1CCCC1C#N)[C@H](CC)CC(O)c1ccc(F)cc1. The summed E-state index contributed by atoms with van der Waals surface area (Å²) in [6, 6.07) is 7.99. The Hall–Kier alpha value is -1.97. The molecule has 0 aromatic heterocycles. The number of nitrogens with zero attached hydrogens (tertiary/aromatic N) is 2. The van der Waals surface area contributed by atoms with Crippen LogP contribution >= 0.6 is 0 Å². The predicted octanol–water partition coefficient (Wildman–Crippen LogP) is 3.80. The van der Waals surface area contributed by atoms with Crippen LogP contribution in [-0.4, -0.2) is 41.6 Å². The van der Waals surface area contributed by atoms with Crippen molar-refractivity contribution in [2.75, 3.05) is 19.6 Å². The second-order valence-corrected chi connectivity index (χ2v) is 7.98. The Bertz CT molecular complexity index is 674. The zero-order valence-corrected chi connectivity index (χ0v) is 17.6. The first-order valence-corrected chi connectivity index (χ1v) is 10.8. The van der Waals surface area contributed by atoms with Crippen LogP contribution in [0, 0.1) is 29.0 Å². The van der Waals surface area contributed by atoms with Gasteiger partial charge in [0.15, 0.2) is 0 Å². The Morgan fingerprint density at radius 1 is 1.31 bits per heavy atom. The first-order chi connectivity index (χ1) is 14.0. The lowest BCUT2D eigenvalue weighted by molar-refractivity contribution is -0.130. The van der Waals surface area contributed by atoms with E-state index < -0.39 is 6.10 Å². The standard InChI is InChI=1S/C23H34FN3O2/c1-3-17(11-12-26-16-23(29)27-13-5-6-21(27)15-25)18(4-2)14-22(28)19-7-9-20(24)10-8-19/h7-10,17-18,21-22,26,28H,3-6,11-14,16H2,1-2H3/t17-,18-,21?,22?/m1/s1. The summed E-state index contributed by atoms with van der Waals surface area (Å²) in [5, 5.41) is 22.9. The fourth-order valence-electron chi connectivity index (χ4n) is 4.36. The predicted molar refractivity (Wildman–Crippen MR) is 111 cm³/mol. The minimum atomic E-state index is -0.595. The number of benzene rings is 1. The summed E-state index contributed by atoms with van der Waals surface area (Å²) in [5.74, 6) is 0.506. The topological polar surface area (TPSA) is 76.4 Å². The molecule has 1 amide bonds. The highest BCUT2D eigenvalue weighted by Gasteiger charge is 2.28. The Kier molecular flexibility index (Phi) is 9.56. The summed E-state index contributed by atoms with van der Waals surface area (Å²) in [7, 11) is 0. The summed E-state index contributed by atoms with van der Waals surface area (Å²) < 4.78 is 13.1. The van der Waals surface area contributed by atoms with E-state index in [1.165, 1.54) is 12.1 Å². The van der Waals surface area contributed by atoms with Crippen molar-refractivity contribution in [2.45, 2.75) is 64.5 Å². The van der Waals surface area contributed by atoms with Gasteiger partial charge in [0, 0.05) is 6.54 Å². The number of rotatable bonds is 11. The number of amides is 1. The minimum absolute atomic E-state index is 0.000807. The molecule has 160 valence electrons. The number of halogens is 1. The lowest BCUT2D eigenvalue weighted by Gasteiger charge is -2.28. The van der Waals surface area contributed by atoms with Gasteiger partial charge >= 0.3 is 0 Å². The average molecular weight is 404 g/mol. The molecule has 0 radical (unpaired) electrons. The van der Waals surface area contributed by atoms with Gasteiger partial charge in [-0.15, -0.1) is 0 Å². The highest BCUT2D eigenvalue weighted by Crippen LogP contribution is 2.31. The molecule has 0 saturated carbocycles. The number of hydrogen-bond donors (Lipinski definition) is 2. The Balaban J connectivity index is 1.78. The van der Waals surface area contributed by atoms with E-state index in [1.807, 2.05) is 0 Å². The van der Waals surface area contributed by atoms with Gasteiger partial charge in [0.2, 0.25) is 5.91 Å². The average Bonchev–Trinajstić information content (AvgIpc) is 3.21. The van der Waals surface area contributed by atoms with Crippen molar-refractivity contribution in [1.29, 1.82) is 5.26 Å². The van der Waals surface area contributed by atoms with E-state index in [9.17, 15) is 14.3 Å². The lowest BCUT2D eigenvalue weighted by Crippen LogP contribution is -2.41. The van der Waals surface area contributed by atoms with Crippen molar-refractivity contribution in [3.8, 4) is 6.07 Å². The van der Waals surface area contributed by atoms with Crippen LogP contribution in [0.15, 0.2) is 24.3 Å². The zero-order valence-electron chi connectivity index (χ0n) is 17.6. The van der Waals surface area contributed by atoms with Crippen LogP contribution in [0.4, 0.5) is 4.39 Å². The van der Waals surface area contributed by atoms with Crippen LogP contribution in [0.25, 0.3) is 0 Å². The third-order valence-corrected chi connectivity index (χ3v) is 6.19. The molecule has 1 fully saturated rings. The molecule has 0 aliphatic carbocycles. The van der Waals surface area contributed by atoms with E-state index >= 15 is 0 Å². The van der Waals surface area contributed by atoms with Gasteiger partial charge < -0.3 is 15.3 Å². The molecule has 2 rings (SSSR count). The fourth-order valence-corrected chi connectivity index (χ4v) is 4.36. The third kappa shape index (κ3) is 6.80. The molecular weight excluding hydrogens is 369 g/mol. The summed E-state index contributed by atoms with van der Waals surface area (Å²) >= 11 is 0. The Morgan fingerprint density at radius 3 is 2.62 bits per heavy atom. The molecule has 29 heavy (non-hydrogen) atoms. The van der Waals surface area contributed by atoms with E-state index in [0.29, 0.717) is 24.8 Å². The fraction of sp³-hybridized carbons (Fsp3) is 0.652. The highest BCUT2D eigenvalue weighted by atomic mass is 19.1. The number of hydrogen-bond acceptors (Lipinski definition) is 4. The van der Waals surface area contributed by atoms with Crippen LogP contribution in [-0.2, 0) is 4.79 Å². The van der Waals surface area contributed by atoms with Gasteiger partial charge in [-0.2, -0.15) is 5.26 Å². The number of aliphatic hydroxyl groups is 1. The van der Waals surface area contributed by atoms with Crippen molar-refractivity contribution >= 4 is 5.91 Å². The molecule has 0 spiro atoms. The van der Waals surface area contributed by atoms with Gasteiger partial charge in [-0.05, 0) is 61.8 Å². The Morgan fingerprint density at radius 2 is 2.00 bits per heavy atom. The van der Waals surface area contributed by atoms with Crippen molar-refractivity contribution in [1.82, 2.24) is 10.2 Å². The van der Waals surface area contributed by atoms with E-state index in [0.717, 1.165) is 44.2 Å². The van der Waals surface area contributed by atoms with E-state index in [1.54, 1.807) is 17.0 Å². The molecule has 1 aromatic carbocycles. The molecular formula is C23H34FN3O2. The normalized spacial score (nSPS) is 19.6. The lowest BCUT2D eigenvalue weighted by atomic mass is 9.81. The summed E-state index contributed by atoms with van der Waals surface area (Å²) in [6.07, 6.45) is 4.63. The van der Waals surface area contributed by atoms with Gasteiger partial charge in [-0.25, -0.2) is 4.39 Å². The van der Waals surface area contributed by atoms with Crippen LogP contribution < -0.4 is 5.32 Å². The molecule has 4 atom stereocenters. The third-order valence-electron chi connectivity index (χ3n) is 6.19. The van der Waals surface area contributed by atoms with Crippen molar-refractivity contribution in [3.05, 3.63) is 35.6 Å². The molecule has 1 aliphatic heterocycles. The molecule has 2 unspecified atom stereocenters. The van der Waals surface area contributed by atoms with Gasteiger partial charge in [-0.1, -0.05) is 38.8 Å². The van der Waals surface area contributed by atoms with Crippen LogP contribution in [0.5, 0.6) is 0 Å².